The fourth-order valence-corrected chi connectivity index (χ4v) is 13.7. The van der Waals surface area contributed by atoms with Gasteiger partial charge in [-0.1, -0.05) is 357 Å². The summed E-state index contributed by atoms with van der Waals surface area (Å²) < 4.78 is 68.6. The molecule has 0 aliphatic heterocycles. The lowest BCUT2D eigenvalue weighted by Gasteiger charge is -2.21. The molecule has 3 N–H and O–H groups in total. The molecule has 0 aromatic rings. The molecule has 98 heavy (non-hydrogen) atoms. The van der Waals surface area contributed by atoms with Crippen LogP contribution in [0.5, 0.6) is 0 Å². The van der Waals surface area contributed by atoms with Gasteiger partial charge < -0.3 is 33.8 Å². The summed E-state index contributed by atoms with van der Waals surface area (Å²) in [7, 11) is -9.92. The number of aliphatic hydroxyl groups excluding tert-OH is 1. The van der Waals surface area contributed by atoms with Gasteiger partial charge in [0, 0.05) is 25.7 Å². The Morgan fingerprint density at radius 3 is 0.694 bits per heavy atom. The molecule has 0 saturated heterocycles. The lowest BCUT2D eigenvalue weighted by Crippen LogP contribution is -2.30. The number of rotatable bonds is 77. The van der Waals surface area contributed by atoms with Crippen molar-refractivity contribution in [1.29, 1.82) is 0 Å². The predicted octanol–water partition coefficient (Wildman–Crippen LogP) is 23.4. The zero-order chi connectivity index (χ0) is 72.3. The molecule has 0 amide bonds. The molecule has 0 fully saturated rings. The maximum Gasteiger partial charge on any atom is 0.472 e. The third kappa shape index (κ3) is 72.4. The van der Waals surface area contributed by atoms with Gasteiger partial charge in [0.15, 0.2) is 12.2 Å². The third-order valence-corrected chi connectivity index (χ3v) is 20.3. The average Bonchev–Trinajstić information content (AvgIpc) is 0.945. The fraction of sp³-hybridized carbons (Fsp3) is 0.949. The SMILES string of the molecule is CCCCCCCCCCCCCCCCCCCCCC(=O)O[C@H](COC(=O)CCCCCCCCCCCCCCCCCC(C)C)COP(=O)(O)OC[C@@H](O)COP(=O)(O)OC[C@@H](COC(=O)CCCCCCCCC(C)C)OC(=O)CCCCCCCCCCCC(C)C. The first-order valence-electron chi connectivity index (χ1n) is 40.8. The van der Waals surface area contributed by atoms with Crippen molar-refractivity contribution in [1.82, 2.24) is 0 Å². The van der Waals surface area contributed by atoms with E-state index in [9.17, 15) is 43.2 Å². The van der Waals surface area contributed by atoms with E-state index >= 15 is 0 Å². The molecule has 0 aromatic heterocycles. The highest BCUT2D eigenvalue weighted by Crippen LogP contribution is 2.45. The fourth-order valence-electron chi connectivity index (χ4n) is 12.1. The minimum absolute atomic E-state index is 0.104. The molecule has 0 aliphatic carbocycles. The second-order valence-corrected chi connectivity index (χ2v) is 32.8. The van der Waals surface area contributed by atoms with Crippen molar-refractivity contribution >= 4 is 39.5 Å². The standard InChI is InChI=1S/C79H154O17P2/c1-8-9-10-11-12-13-14-15-16-17-18-19-22-26-29-34-39-48-55-62-78(83)95-74(66-89-76(81)60-53-46-38-33-28-25-23-20-21-24-27-31-36-43-50-57-70(2)3)68-93-97(85,86)91-64-73(80)65-92-98(87,88)94-69-75(67-90-77(82)61-54-47-42-41-45-52-59-72(6)7)96-79(84)63-56-49-40-35-30-32-37-44-51-58-71(4)5/h70-75,80H,8-69H2,1-7H3,(H,85,86)(H,87,88)/t73-,74-,75-/m1/s1. The van der Waals surface area contributed by atoms with Crippen LogP contribution in [0.2, 0.25) is 0 Å². The molecule has 0 bridgehead atoms. The lowest BCUT2D eigenvalue weighted by atomic mass is 10.0. The summed E-state index contributed by atoms with van der Waals surface area (Å²) in [5.41, 5.74) is 0. The predicted molar refractivity (Wildman–Crippen MR) is 400 cm³/mol. The van der Waals surface area contributed by atoms with E-state index in [1.165, 1.54) is 212 Å². The number of carbonyl (C=O) groups excluding carboxylic acids is 4. The Bertz CT molecular complexity index is 1900. The van der Waals surface area contributed by atoms with Gasteiger partial charge in [-0.3, -0.25) is 37.3 Å². The normalized spacial score (nSPS) is 14.0. The highest BCUT2D eigenvalue weighted by molar-refractivity contribution is 7.47. The Labute approximate surface area is 600 Å². The quantitative estimate of drug-likeness (QED) is 0.0222. The number of unbranched alkanes of at least 4 members (excludes halogenated alkanes) is 45. The smallest absolute Gasteiger partial charge is 0.462 e. The molecule has 0 spiro atoms. The monoisotopic (exact) mass is 1440 g/mol. The van der Waals surface area contributed by atoms with E-state index in [1.807, 2.05) is 0 Å². The minimum atomic E-state index is -4.96. The molecule has 0 aliphatic rings. The zero-order valence-corrected chi connectivity index (χ0v) is 66.0. The van der Waals surface area contributed by atoms with E-state index in [4.69, 9.17) is 37.0 Å². The Balaban J connectivity index is 5.22. The second kappa shape index (κ2) is 69.4. The summed E-state index contributed by atoms with van der Waals surface area (Å²) in [6.45, 7) is 11.8. The molecule has 19 heteroatoms. The molecule has 0 rings (SSSR count). The number of carbonyl (C=O) groups is 4. The zero-order valence-electron chi connectivity index (χ0n) is 64.3. The Morgan fingerprint density at radius 1 is 0.276 bits per heavy atom. The molecule has 582 valence electrons. The molecular formula is C79H154O17P2. The maximum absolute atomic E-state index is 13.1. The van der Waals surface area contributed by atoms with Gasteiger partial charge in [-0.2, -0.15) is 0 Å². The van der Waals surface area contributed by atoms with Crippen molar-refractivity contribution in [2.75, 3.05) is 39.6 Å². The van der Waals surface area contributed by atoms with E-state index in [-0.39, 0.29) is 25.7 Å². The van der Waals surface area contributed by atoms with Crippen molar-refractivity contribution in [2.24, 2.45) is 17.8 Å². The van der Waals surface area contributed by atoms with Crippen molar-refractivity contribution in [2.45, 2.75) is 426 Å². The summed E-state index contributed by atoms with van der Waals surface area (Å²) in [4.78, 5) is 72.9. The van der Waals surface area contributed by atoms with Crippen molar-refractivity contribution in [3.05, 3.63) is 0 Å². The number of esters is 4. The van der Waals surface area contributed by atoms with Gasteiger partial charge in [0.2, 0.25) is 0 Å². The van der Waals surface area contributed by atoms with Crippen LogP contribution in [0, 0.1) is 17.8 Å². The lowest BCUT2D eigenvalue weighted by molar-refractivity contribution is -0.161. The van der Waals surface area contributed by atoms with Gasteiger partial charge in [0.1, 0.15) is 19.3 Å². The molecule has 5 atom stereocenters. The molecule has 0 saturated carbocycles. The highest BCUT2D eigenvalue weighted by Gasteiger charge is 2.30. The van der Waals surface area contributed by atoms with Crippen LogP contribution in [-0.2, 0) is 65.4 Å². The van der Waals surface area contributed by atoms with Crippen molar-refractivity contribution < 1.29 is 80.2 Å². The minimum Gasteiger partial charge on any atom is -0.462 e. The van der Waals surface area contributed by atoms with Gasteiger partial charge in [-0.05, 0) is 43.4 Å². The topological polar surface area (TPSA) is 237 Å². The van der Waals surface area contributed by atoms with Crippen LogP contribution in [0.15, 0.2) is 0 Å². The van der Waals surface area contributed by atoms with Gasteiger partial charge in [-0.25, -0.2) is 9.13 Å². The van der Waals surface area contributed by atoms with E-state index in [1.54, 1.807) is 0 Å². The van der Waals surface area contributed by atoms with E-state index in [0.717, 1.165) is 108 Å². The largest absolute Gasteiger partial charge is 0.472 e. The van der Waals surface area contributed by atoms with Gasteiger partial charge in [-0.15, -0.1) is 0 Å². The highest BCUT2D eigenvalue weighted by atomic mass is 31.2. The third-order valence-electron chi connectivity index (χ3n) is 18.4. The van der Waals surface area contributed by atoms with Crippen LogP contribution in [-0.4, -0.2) is 96.7 Å². The van der Waals surface area contributed by atoms with Crippen LogP contribution < -0.4 is 0 Å². The summed E-state index contributed by atoms with van der Waals surface area (Å²) in [5.74, 6) is 0.105. The molecular weight excluding hydrogens is 1280 g/mol. The van der Waals surface area contributed by atoms with Gasteiger partial charge in [0.05, 0.1) is 26.4 Å². The molecule has 2 unspecified atom stereocenters. The molecule has 0 aromatic carbocycles. The maximum atomic E-state index is 13.1. The van der Waals surface area contributed by atoms with Crippen LogP contribution >= 0.6 is 15.6 Å². The summed E-state index contributed by atoms with van der Waals surface area (Å²) in [5, 5.41) is 10.6. The van der Waals surface area contributed by atoms with Crippen LogP contribution in [0.4, 0.5) is 0 Å². The summed E-state index contributed by atoms with van der Waals surface area (Å²) in [6, 6.07) is 0. The number of hydrogen-bond acceptors (Lipinski definition) is 15. The Hall–Kier alpha value is -1.94. The first-order valence-corrected chi connectivity index (χ1v) is 43.8. The molecule has 0 heterocycles. The number of phosphoric acid groups is 2. The van der Waals surface area contributed by atoms with Crippen LogP contribution in [0.3, 0.4) is 0 Å². The Kier molecular flexibility index (Phi) is 68.1. The van der Waals surface area contributed by atoms with Crippen molar-refractivity contribution in [3.8, 4) is 0 Å². The number of ether oxygens (including phenoxy) is 4. The average molecular weight is 1440 g/mol. The number of phosphoric ester groups is 2. The van der Waals surface area contributed by atoms with Gasteiger partial charge in [0.25, 0.3) is 0 Å². The van der Waals surface area contributed by atoms with E-state index < -0.39 is 97.5 Å². The van der Waals surface area contributed by atoms with E-state index in [0.29, 0.717) is 31.6 Å². The molecule has 0 radical (unpaired) electrons. The van der Waals surface area contributed by atoms with Crippen LogP contribution in [0.1, 0.15) is 408 Å². The molecule has 17 nitrogen and oxygen atoms in total. The summed E-state index contributed by atoms with van der Waals surface area (Å²) >= 11 is 0. The number of aliphatic hydroxyl groups is 1. The van der Waals surface area contributed by atoms with E-state index in [2.05, 4.69) is 48.5 Å². The Morgan fingerprint density at radius 2 is 0.469 bits per heavy atom. The first-order chi connectivity index (χ1) is 47.2. The second-order valence-electron chi connectivity index (χ2n) is 29.9. The first kappa shape index (κ1) is 96.1. The van der Waals surface area contributed by atoms with Crippen LogP contribution in [0.25, 0.3) is 0 Å². The van der Waals surface area contributed by atoms with Crippen molar-refractivity contribution in [3.63, 3.8) is 0 Å². The van der Waals surface area contributed by atoms with Gasteiger partial charge >= 0.3 is 39.5 Å². The number of hydrogen-bond donors (Lipinski definition) is 3. The summed E-state index contributed by atoms with van der Waals surface area (Å²) in [6.07, 6.45) is 57.2.